The predicted molar refractivity (Wildman–Crippen MR) is 211 cm³/mol. The maximum absolute atomic E-state index is 9.37. The molecule has 0 spiro atoms. The van der Waals surface area contributed by atoms with Crippen molar-refractivity contribution in [2.45, 2.75) is 0 Å². The minimum absolute atomic E-state index is 0.976. The molecule has 0 aromatic heterocycles. The molecule has 0 aliphatic carbocycles. The third-order valence-electron chi connectivity index (χ3n) is 8.30. The van der Waals surface area contributed by atoms with Gasteiger partial charge in [-0.05, 0) is 84.9 Å². The first-order valence-electron chi connectivity index (χ1n) is 16.1. The van der Waals surface area contributed by atoms with Crippen LogP contribution in [0.5, 0.6) is 0 Å². The van der Waals surface area contributed by atoms with Crippen LogP contribution in [0.3, 0.4) is 0 Å². The van der Waals surface area contributed by atoms with E-state index in [-0.39, 0.29) is 0 Å². The lowest BCUT2D eigenvalue weighted by molar-refractivity contribution is -0.107. The molecule has 6 aromatic carbocycles. The molecule has 6 rings (SSSR count). The highest BCUT2D eigenvalue weighted by molar-refractivity contribution is 7.96. The van der Waals surface area contributed by atoms with E-state index in [9.17, 15) is 25.9 Å². The van der Waals surface area contributed by atoms with Gasteiger partial charge in [0.2, 0.25) is 20.8 Å². The highest BCUT2D eigenvalue weighted by atomic mass is 32.3. The normalized spacial score (nSPS) is 12.2. The van der Waals surface area contributed by atoms with Gasteiger partial charge in [-0.25, -0.2) is 16.8 Å². The fourth-order valence-electron chi connectivity index (χ4n) is 6.16. The molecular weight excluding hydrogens is 735 g/mol. The van der Waals surface area contributed by atoms with Gasteiger partial charge in [-0.1, -0.05) is 109 Å². The molecule has 8 nitrogen and oxygen atoms in total. The van der Waals surface area contributed by atoms with Crippen LogP contribution in [0.15, 0.2) is 194 Å². The lowest BCUT2D eigenvalue weighted by Crippen LogP contribution is -2.33. The Labute approximate surface area is 306 Å². The van der Waals surface area contributed by atoms with E-state index in [4.69, 9.17) is 0 Å². The zero-order valence-electron chi connectivity index (χ0n) is 27.9. The van der Waals surface area contributed by atoms with Crippen molar-refractivity contribution in [2.75, 3.05) is 12.3 Å². The molecule has 0 N–H and O–H groups in total. The first-order valence-corrected chi connectivity index (χ1v) is 22.7. The van der Waals surface area contributed by atoms with Crippen molar-refractivity contribution in [3.8, 4) is 0 Å². The van der Waals surface area contributed by atoms with Crippen LogP contribution in [0.2, 0.25) is 0 Å². The number of benzene rings is 6. The summed E-state index contributed by atoms with van der Waals surface area (Å²) >= 11 is 0. The van der Waals surface area contributed by atoms with Gasteiger partial charge in [0.05, 0.1) is 12.3 Å². The van der Waals surface area contributed by atoms with Gasteiger partial charge in [0.15, 0.2) is 0 Å². The second kappa shape index (κ2) is 17.9. The third kappa shape index (κ3) is 9.95. The van der Waals surface area contributed by atoms with E-state index >= 15 is 0 Å². The minimum Gasteiger partial charge on any atom is -0.724 e. The Hall–Kier alpha value is -4.34. The molecule has 0 bridgehead atoms. The van der Waals surface area contributed by atoms with Crippen LogP contribution in [-0.4, -0.2) is 38.3 Å². The summed E-state index contributed by atoms with van der Waals surface area (Å²) in [5.74, 6) is 0. The van der Waals surface area contributed by atoms with Gasteiger partial charge in [0.25, 0.3) is 0 Å². The molecular formula is C40H36O8P2S2. The summed E-state index contributed by atoms with van der Waals surface area (Å²) in [7, 11) is -14.5. The topological polar surface area (TPSA) is 133 Å². The average molecular weight is 771 g/mol. The molecule has 12 heteroatoms. The Kier molecular flexibility index (Phi) is 13.4. The van der Waals surface area contributed by atoms with E-state index in [0.717, 1.165) is 12.3 Å². The SMILES string of the molecule is C(=C/C[P+](c1ccccc1)(c1ccccc1)c1ccccc1)/C[P+](c1ccccc1)(c1ccccc1)c1ccccc1.O=S(=O)([O-])OOS(=O)(=O)[O-]. The molecule has 6 aromatic rings. The third-order valence-corrected chi connectivity index (χ3v) is 17.5. The zero-order chi connectivity index (χ0) is 36.9. The van der Waals surface area contributed by atoms with E-state index < -0.39 is 35.3 Å². The molecule has 0 fully saturated rings. The second-order valence-electron chi connectivity index (χ2n) is 11.4. The quantitative estimate of drug-likeness (QED) is 0.0382. The molecule has 0 heterocycles. The van der Waals surface area contributed by atoms with Crippen molar-refractivity contribution in [2.24, 2.45) is 0 Å². The van der Waals surface area contributed by atoms with Gasteiger partial charge >= 0.3 is 0 Å². The van der Waals surface area contributed by atoms with Gasteiger partial charge in [0.1, 0.15) is 46.4 Å². The first-order chi connectivity index (χ1) is 25.0. The van der Waals surface area contributed by atoms with Crippen molar-refractivity contribution in [1.82, 2.24) is 0 Å². The molecule has 52 heavy (non-hydrogen) atoms. The summed E-state index contributed by atoms with van der Waals surface area (Å²) in [6.45, 7) is 0. The van der Waals surface area contributed by atoms with Crippen LogP contribution >= 0.6 is 14.5 Å². The van der Waals surface area contributed by atoms with Gasteiger partial charge in [-0.15, -0.1) is 8.67 Å². The number of hydrogen-bond donors (Lipinski definition) is 0. The second-order valence-corrected chi connectivity index (χ2v) is 20.4. The van der Waals surface area contributed by atoms with Crippen LogP contribution in [0.4, 0.5) is 0 Å². The van der Waals surface area contributed by atoms with E-state index in [1.807, 2.05) is 0 Å². The summed E-state index contributed by atoms with van der Waals surface area (Å²) in [4.78, 5) is 0. The standard InChI is InChI=1S/C40H36P2.H2O8S2/c1-7-21-35(22-8-1)41(36-23-9-2-10-24-36,37-25-11-3-12-26-37)33-19-20-34-42(38-27-13-4-14-28-38,39-29-15-5-16-30-39)40-31-17-6-18-32-40;1-9(2,3)7-8-10(4,5)6/h1-32H,33-34H2;(H,1,2,3)(H,4,5,6)/q+2;/p-2/b20-19-;. The van der Waals surface area contributed by atoms with Crippen molar-refractivity contribution in [3.05, 3.63) is 194 Å². The smallest absolute Gasteiger partial charge is 0.246 e. The highest BCUT2D eigenvalue weighted by Crippen LogP contribution is 2.57. The van der Waals surface area contributed by atoms with Crippen molar-refractivity contribution in [3.63, 3.8) is 0 Å². The molecule has 0 atom stereocenters. The maximum atomic E-state index is 9.37. The van der Waals surface area contributed by atoms with Gasteiger partial charge in [-0.2, -0.15) is 0 Å². The van der Waals surface area contributed by atoms with E-state index in [1.54, 1.807) is 0 Å². The van der Waals surface area contributed by atoms with E-state index in [2.05, 4.69) is 203 Å². The first kappa shape index (κ1) is 38.9. The largest absolute Gasteiger partial charge is 0.724 e. The molecule has 0 radical (unpaired) electrons. The Morgan fingerprint density at radius 1 is 0.365 bits per heavy atom. The molecule has 266 valence electrons. The lowest BCUT2D eigenvalue weighted by Gasteiger charge is -2.28. The molecule has 0 aliphatic rings. The number of rotatable bonds is 13. The zero-order valence-corrected chi connectivity index (χ0v) is 31.3. The van der Waals surface area contributed by atoms with Gasteiger partial charge in [0, 0.05) is 0 Å². The van der Waals surface area contributed by atoms with Gasteiger partial charge < -0.3 is 9.11 Å². The predicted octanol–water partition coefficient (Wildman–Crippen LogP) is 5.39. The van der Waals surface area contributed by atoms with Crippen molar-refractivity contribution >= 4 is 67.2 Å². The lowest BCUT2D eigenvalue weighted by atomic mass is 10.4. The van der Waals surface area contributed by atoms with Crippen LogP contribution in [0, 0.1) is 0 Å². The molecule has 0 unspecified atom stereocenters. The molecule has 0 aliphatic heterocycles. The van der Waals surface area contributed by atoms with Crippen molar-refractivity contribution < 1.29 is 34.6 Å². The van der Waals surface area contributed by atoms with Crippen molar-refractivity contribution in [1.29, 1.82) is 0 Å². The summed E-state index contributed by atoms with van der Waals surface area (Å²) < 4.78 is 61.5. The van der Waals surface area contributed by atoms with Crippen LogP contribution in [0.25, 0.3) is 0 Å². The molecule has 0 amide bonds. The maximum Gasteiger partial charge on any atom is 0.246 e. The fraction of sp³-hybridized carbons (Fsp3) is 0.0500. The van der Waals surface area contributed by atoms with Crippen LogP contribution in [-0.2, 0) is 29.5 Å². The van der Waals surface area contributed by atoms with E-state index in [1.165, 1.54) is 31.8 Å². The minimum atomic E-state index is -5.31. The Balaban J connectivity index is 0.000000459. The summed E-state index contributed by atoms with van der Waals surface area (Å²) in [6, 6.07) is 67.0. The number of allylic oxidation sites excluding steroid dienone is 2. The average Bonchev–Trinajstić information content (AvgIpc) is 3.18. The van der Waals surface area contributed by atoms with Gasteiger partial charge in [-0.3, -0.25) is 0 Å². The molecule has 0 saturated carbocycles. The summed E-state index contributed by atoms with van der Waals surface area (Å²) in [6.07, 6.45) is 6.93. The highest BCUT2D eigenvalue weighted by Gasteiger charge is 2.46. The summed E-state index contributed by atoms with van der Waals surface area (Å²) in [5.41, 5.74) is 0. The number of hydrogen-bond acceptors (Lipinski definition) is 8. The molecule has 0 saturated heterocycles. The van der Waals surface area contributed by atoms with E-state index in [0.29, 0.717) is 0 Å². The Morgan fingerprint density at radius 3 is 0.692 bits per heavy atom. The summed E-state index contributed by atoms with van der Waals surface area (Å²) in [5, 5.41) is 8.51. The monoisotopic (exact) mass is 770 g/mol. The van der Waals surface area contributed by atoms with Crippen LogP contribution in [0.1, 0.15) is 0 Å². The Bertz CT molecular complexity index is 1870. The fourth-order valence-corrected chi connectivity index (χ4v) is 14.8. The van der Waals surface area contributed by atoms with Crippen LogP contribution < -0.4 is 31.8 Å². The Morgan fingerprint density at radius 2 is 0.538 bits per heavy atom.